The molecule has 5 nitrogen and oxygen atoms in total. The number of carbonyl (C=O) groups is 1. The Balaban J connectivity index is 1.58. The molecule has 1 aromatic carbocycles. The molecule has 0 saturated carbocycles. The van der Waals surface area contributed by atoms with Crippen LogP contribution in [0, 0.1) is 17.6 Å². The molecule has 0 radical (unpaired) electrons. The minimum absolute atomic E-state index is 0.105. The molecule has 1 atom stereocenters. The van der Waals surface area contributed by atoms with E-state index in [1.54, 1.807) is 6.20 Å². The highest BCUT2D eigenvalue weighted by Crippen LogP contribution is 2.24. The topological polar surface area (TPSA) is 55.3 Å². The molecular formula is C20H23F2N3O2. The van der Waals surface area contributed by atoms with Gasteiger partial charge in [-0.3, -0.25) is 14.7 Å². The maximum atomic E-state index is 13.6. The summed E-state index contributed by atoms with van der Waals surface area (Å²) in [5.74, 6) is -0.977. The number of hydrogen-bond donors (Lipinski definition) is 0. The van der Waals surface area contributed by atoms with Gasteiger partial charge in [-0.2, -0.15) is 0 Å². The molecule has 0 spiro atoms. The Morgan fingerprint density at radius 2 is 2.15 bits per heavy atom. The van der Waals surface area contributed by atoms with Crippen molar-refractivity contribution in [3.63, 3.8) is 0 Å². The molecule has 144 valence electrons. The molecule has 2 heterocycles. The summed E-state index contributed by atoms with van der Waals surface area (Å²) < 4.78 is 31.9. The van der Waals surface area contributed by atoms with Crippen molar-refractivity contribution in [2.75, 3.05) is 13.1 Å². The number of rotatable bonds is 7. The molecule has 1 fully saturated rings. The Bertz CT molecular complexity index is 783. The lowest BCUT2D eigenvalue weighted by molar-refractivity contribution is -0.124. The number of nitrogens with zero attached hydrogens (tertiary/aromatic N) is 3. The zero-order chi connectivity index (χ0) is 19.2. The summed E-state index contributed by atoms with van der Waals surface area (Å²) in [6.45, 7) is 4.31. The van der Waals surface area contributed by atoms with Gasteiger partial charge in [-0.25, -0.2) is 13.8 Å². The fraction of sp³-hybridized carbons (Fsp3) is 0.450. The van der Waals surface area contributed by atoms with Crippen LogP contribution in [-0.2, 0) is 11.3 Å². The Kier molecular flexibility index (Phi) is 6.45. The second-order valence-electron chi connectivity index (χ2n) is 6.81. The lowest BCUT2D eigenvalue weighted by Crippen LogP contribution is -2.38. The number of Topliss-reactive ketones (excluding diaryl/α,β-unsaturated/α-hetero) is 1. The van der Waals surface area contributed by atoms with E-state index in [-0.39, 0.29) is 17.5 Å². The van der Waals surface area contributed by atoms with E-state index in [9.17, 15) is 13.6 Å². The van der Waals surface area contributed by atoms with E-state index in [1.807, 2.05) is 6.92 Å². The Morgan fingerprint density at radius 1 is 1.30 bits per heavy atom. The van der Waals surface area contributed by atoms with Crippen molar-refractivity contribution in [1.82, 2.24) is 14.9 Å². The first-order valence-electron chi connectivity index (χ1n) is 9.24. The number of benzene rings is 1. The number of ether oxygens (including phenoxy) is 1. The Hall–Kier alpha value is -2.41. The average molecular weight is 375 g/mol. The largest absolute Gasteiger partial charge is 0.434 e. The first-order valence-corrected chi connectivity index (χ1v) is 9.24. The number of likely N-dealkylation sites (tertiary alicyclic amines) is 1. The summed E-state index contributed by atoms with van der Waals surface area (Å²) in [7, 11) is 0. The maximum Gasteiger partial charge on any atom is 0.237 e. The molecule has 0 unspecified atom stereocenters. The molecule has 27 heavy (non-hydrogen) atoms. The minimum Gasteiger partial charge on any atom is -0.434 e. The number of hydrogen-bond acceptors (Lipinski definition) is 5. The number of ketones is 1. The third kappa shape index (κ3) is 5.29. The predicted molar refractivity (Wildman–Crippen MR) is 96.4 cm³/mol. The average Bonchev–Trinajstić information content (AvgIpc) is 2.66. The normalized spacial score (nSPS) is 17.7. The zero-order valence-corrected chi connectivity index (χ0v) is 15.3. The van der Waals surface area contributed by atoms with Crippen LogP contribution < -0.4 is 4.74 Å². The van der Waals surface area contributed by atoms with Crippen LogP contribution in [0.25, 0.3) is 0 Å². The van der Waals surface area contributed by atoms with Gasteiger partial charge >= 0.3 is 0 Å². The summed E-state index contributed by atoms with van der Waals surface area (Å²) in [5.41, 5.74) is 0.755. The molecular weight excluding hydrogens is 352 g/mol. The molecule has 7 heteroatoms. The van der Waals surface area contributed by atoms with E-state index in [4.69, 9.17) is 4.74 Å². The van der Waals surface area contributed by atoms with Gasteiger partial charge < -0.3 is 4.74 Å². The minimum atomic E-state index is -0.794. The fourth-order valence-electron chi connectivity index (χ4n) is 3.29. The molecule has 1 aliphatic rings. The van der Waals surface area contributed by atoms with Crippen LogP contribution in [0.4, 0.5) is 8.78 Å². The number of piperidine rings is 1. The molecule has 0 aliphatic carbocycles. The van der Waals surface area contributed by atoms with Crippen LogP contribution in [0.2, 0.25) is 0 Å². The van der Waals surface area contributed by atoms with E-state index >= 15 is 0 Å². The van der Waals surface area contributed by atoms with Gasteiger partial charge in [-0.15, -0.1) is 0 Å². The van der Waals surface area contributed by atoms with Crippen LogP contribution >= 0.6 is 0 Å². The van der Waals surface area contributed by atoms with E-state index in [0.29, 0.717) is 18.7 Å². The van der Waals surface area contributed by atoms with Gasteiger partial charge in [0, 0.05) is 31.5 Å². The van der Waals surface area contributed by atoms with Crippen molar-refractivity contribution in [2.24, 2.45) is 5.92 Å². The van der Waals surface area contributed by atoms with Crippen LogP contribution in [0.1, 0.15) is 38.3 Å². The third-order valence-electron chi connectivity index (χ3n) is 4.63. The first kappa shape index (κ1) is 19.4. The molecule has 0 N–H and O–H groups in total. The zero-order valence-electron chi connectivity index (χ0n) is 15.3. The van der Waals surface area contributed by atoms with E-state index in [1.165, 1.54) is 12.3 Å². The van der Waals surface area contributed by atoms with Gasteiger partial charge in [0.05, 0.1) is 18.1 Å². The Morgan fingerprint density at radius 3 is 2.85 bits per heavy atom. The van der Waals surface area contributed by atoms with Crippen molar-refractivity contribution in [1.29, 1.82) is 0 Å². The highest BCUT2D eigenvalue weighted by molar-refractivity contribution is 5.81. The monoisotopic (exact) mass is 375 g/mol. The molecule has 0 bridgehead atoms. The highest BCUT2D eigenvalue weighted by Gasteiger charge is 2.25. The van der Waals surface area contributed by atoms with E-state index < -0.39 is 11.6 Å². The molecule has 1 aliphatic heterocycles. The lowest BCUT2D eigenvalue weighted by Gasteiger charge is -2.31. The van der Waals surface area contributed by atoms with Gasteiger partial charge in [0.2, 0.25) is 5.88 Å². The number of carbonyl (C=O) groups excluding carboxylic acids is 1. The predicted octanol–water partition coefficient (Wildman–Crippen LogP) is 4.13. The Labute approximate surface area is 157 Å². The molecule has 1 saturated heterocycles. The number of aromatic nitrogens is 2. The van der Waals surface area contributed by atoms with E-state index in [0.717, 1.165) is 50.2 Å². The summed E-state index contributed by atoms with van der Waals surface area (Å²) >= 11 is 0. The SMILES string of the molecule is CCCC(=O)[C@H]1CCCN(Cc2cnc(Oc3ccc(F)cc3F)cn2)C1. The molecule has 0 amide bonds. The quantitative estimate of drug-likeness (QED) is 0.728. The van der Waals surface area contributed by atoms with Gasteiger partial charge in [-0.05, 0) is 37.9 Å². The van der Waals surface area contributed by atoms with Crippen LogP contribution in [0.15, 0.2) is 30.6 Å². The van der Waals surface area contributed by atoms with Crippen molar-refractivity contribution in [3.05, 3.63) is 47.9 Å². The van der Waals surface area contributed by atoms with E-state index in [2.05, 4.69) is 14.9 Å². The summed E-state index contributed by atoms with van der Waals surface area (Å²) in [5, 5.41) is 0. The maximum absolute atomic E-state index is 13.6. The summed E-state index contributed by atoms with van der Waals surface area (Å²) in [4.78, 5) is 22.8. The highest BCUT2D eigenvalue weighted by atomic mass is 19.1. The second kappa shape index (κ2) is 8.99. The first-order chi connectivity index (χ1) is 13.0. The van der Waals surface area contributed by atoms with Crippen LogP contribution in [0.3, 0.4) is 0 Å². The molecule has 2 aromatic rings. The standard InChI is InChI=1S/C20H23F2N3O2/c1-2-4-18(26)14-5-3-8-25(12-14)13-16-10-24-20(11-23-16)27-19-7-6-15(21)9-17(19)22/h6-7,9-11,14H,2-5,8,12-13H2,1H3/t14-/m0/s1. The smallest absolute Gasteiger partial charge is 0.237 e. The molecule has 3 rings (SSSR count). The lowest BCUT2D eigenvalue weighted by atomic mass is 9.91. The second-order valence-corrected chi connectivity index (χ2v) is 6.81. The fourth-order valence-corrected chi connectivity index (χ4v) is 3.29. The van der Waals surface area contributed by atoms with Crippen molar-refractivity contribution >= 4 is 5.78 Å². The molecule has 1 aromatic heterocycles. The van der Waals surface area contributed by atoms with Crippen LogP contribution in [0.5, 0.6) is 11.6 Å². The van der Waals surface area contributed by atoms with Crippen LogP contribution in [-0.4, -0.2) is 33.7 Å². The van der Waals surface area contributed by atoms with Gasteiger partial charge in [0.25, 0.3) is 0 Å². The summed E-state index contributed by atoms with van der Waals surface area (Å²) in [6, 6.07) is 3.08. The third-order valence-corrected chi connectivity index (χ3v) is 4.63. The van der Waals surface area contributed by atoms with Crippen molar-refractivity contribution in [2.45, 2.75) is 39.2 Å². The van der Waals surface area contributed by atoms with Gasteiger partial charge in [0.1, 0.15) is 11.6 Å². The van der Waals surface area contributed by atoms with Gasteiger partial charge in [-0.1, -0.05) is 6.92 Å². The summed E-state index contributed by atoms with van der Waals surface area (Å²) in [6.07, 6.45) is 6.48. The van der Waals surface area contributed by atoms with Gasteiger partial charge in [0.15, 0.2) is 11.6 Å². The number of halogens is 2. The van der Waals surface area contributed by atoms with Crippen molar-refractivity contribution in [3.8, 4) is 11.6 Å². The van der Waals surface area contributed by atoms with Crippen molar-refractivity contribution < 1.29 is 18.3 Å².